The van der Waals surface area contributed by atoms with E-state index < -0.39 is 0 Å². The largest absolute Gasteiger partial charge is 0.353 e. The molecule has 0 atom stereocenters. The molecule has 3 rings (SSSR count). The van der Waals surface area contributed by atoms with Crippen LogP contribution in [0.4, 0.5) is 0 Å². The maximum atomic E-state index is 6.24. The number of pyridine rings is 1. The molecule has 0 saturated heterocycles. The molecule has 0 saturated carbocycles. The maximum Gasteiger partial charge on any atom is 0.0607 e. The van der Waals surface area contributed by atoms with E-state index >= 15 is 0 Å². The summed E-state index contributed by atoms with van der Waals surface area (Å²) in [5.74, 6) is 0. The van der Waals surface area contributed by atoms with Gasteiger partial charge in [-0.05, 0) is 71.6 Å². The summed E-state index contributed by atoms with van der Waals surface area (Å²) in [6, 6.07) is 7.96. The SMILES string of the molecule is NCCCCc1c(-c2cccnc2)[nH]c2c(Br)cc(Cl)cc12. The second-order valence-electron chi connectivity index (χ2n) is 5.28. The molecule has 0 bridgehead atoms. The predicted molar refractivity (Wildman–Crippen MR) is 96.2 cm³/mol. The summed E-state index contributed by atoms with van der Waals surface area (Å²) in [6.07, 6.45) is 6.70. The molecular weight excluding hydrogens is 362 g/mol. The van der Waals surface area contributed by atoms with Crippen LogP contribution in [0.2, 0.25) is 5.02 Å². The van der Waals surface area contributed by atoms with Gasteiger partial charge < -0.3 is 10.7 Å². The third-order valence-electron chi connectivity index (χ3n) is 3.76. The standard InChI is InChI=1S/C17H17BrClN3/c18-15-9-12(19)8-14-13(5-1-2-6-20)16(22-17(14)15)11-4-3-7-21-10-11/h3-4,7-10,22H,1-2,5-6,20H2. The van der Waals surface area contributed by atoms with Gasteiger partial charge in [0.15, 0.2) is 0 Å². The van der Waals surface area contributed by atoms with Crippen molar-refractivity contribution in [3.8, 4) is 11.3 Å². The summed E-state index contributed by atoms with van der Waals surface area (Å²) in [4.78, 5) is 7.76. The van der Waals surface area contributed by atoms with Gasteiger partial charge in [0.25, 0.3) is 0 Å². The fraction of sp³-hybridized carbons (Fsp3) is 0.235. The summed E-state index contributed by atoms with van der Waals surface area (Å²) in [5, 5.41) is 1.89. The molecule has 1 aromatic carbocycles. The van der Waals surface area contributed by atoms with Crippen molar-refractivity contribution in [1.29, 1.82) is 0 Å². The highest BCUT2D eigenvalue weighted by atomic mass is 79.9. The number of rotatable bonds is 5. The molecule has 0 aliphatic rings. The number of aromatic nitrogens is 2. The first-order valence-corrected chi connectivity index (χ1v) is 8.48. The van der Waals surface area contributed by atoms with E-state index in [0.29, 0.717) is 0 Å². The van der Waals surface area contributed by atoms with Crippen molar-refractivity contribution in [2.45, 2.75) is 19.3 Å². The Labute approximate surface area is 143 Å². The Bertz CT molecular complexity index is 783. The molecule has 0 spiro atoms. The highest BCUT2D eigenvalue weighted by Crippen LogP contribution is 2.36. The molecule has 2 heterocycles. The van der Waals surface area contributed by atoms with E-state index in [9.17, 15) is 0 Å². The van der Waals surface area contributed by atoms with Gasteiger partial charge in [-0.15, -0.1) is 0 Å². The number of hydrogen-bond donors (Lipinski definition) is 2. The van der Waals surface area contributed by atoms with Crippen LogP contribution in [0.25, 0.3) is 22.2 Å². The first kappa shape index (κ1) is 15.5. The van der Waals surface area contributed by atoms with Gasteiger partial charge >= 0.3 is 0 Å². The molecule has 0 fully saturated rings. The van der Waals surface area contributed by atoms with Crippen molar-refractivity contribution < 1.29 is 0 Å². The number of fused-ring (bicyclic) bond motifs is 1. The summed E-state index contributed by atoms with van der Waals surface area (Å²) < 4.78 is 0.977. The molecular formula is C17H17BrClN3. The molecule has 0 amide bonds. The number of hydrogen-bond acceptors (Lipinski definition) is 2. The summed E-state index contributed by atoms with van der Waals surface area (Å²) in [5.41, 5.74) is 10.2. The molecule has 0 unspecified atom stereocenters. The molecule has 3 N–H and O–H groups in total. The van der Waals surface area contributed by atoms with Gasteiger partial charge in [0.1, 0.15) is 0 Å². The van der Waals surface area contributed by atoms with Crippen LogP contribution < -0.4 is 5.73 Å². The minimum absolute atomic E-state index is 0.717. The predicted octanol–water partition coefficient (Wildman–Crippen LogP) is 4.93. The zero-order valence-corrected chi connectivity index (χ0v) is 14.4. The lowest BCUT2D eigenvalue weighted by Gasteiger charge is -2.05. The van der Waals surface area contributed by atoms with Gasteiger partial charge in [-0.2, -0.15) is 0 Å². The third-order valence-corrected chi connectivity index (χ3v) is 4.61. The third kappa shape index (κ3) is 3.05. The van der Waals surface area contributed by atoms with Crippen LogP contribution in [-0.2, 0) is 6.42 Å². The lowest BCUT2D eigenvalue weighted by atomic mass is 10.0. The van der Waals surface area contributed by atoms with Gasteiger partial charge in [0.05, 0.1) is 11.2 Å². The van der Waals surface area contributed by atoms with E-state index in [2.05, 4.69) is 32.0 Å². The normalized spacial score (nSPS) is 11.2. The Kier molecular flexibility index (Phi) is 4.81. The number of nitrogens with zero attached hydrogens (tertiary/aromatic N) is 1. The Hall–Kier alpha value is -1.36. The number of nitrogens with two attached hydrogens (primary N) is 1. The maximum absolute atomic E-state index is 6.24. The van der Waals surface area contributed by atoms with E-state index in [0.717, 1.165) is 57.5 Å². The topological polar surface area (TPSA) is 54.7 Å². The molecule has 22 heavy (non-hydrogen) atoms. The van der Waals surface area contributed by atoms with Gasteiger partial charge in [-0.1, -0.05) is 11.6 Å². The molecule has 0 aliphatic heterocycles. The number of nitrogens with one attached hydrogen (secondary N) is 1. The van der Waals surface area contributed by atoms with Crippen LogP contribution in [0.1, 0.15) is 18.4 Å². The van der Waals surface area contributed by atoms with E-state index in [1.807, 2.05) is 24.4 Å². The molecule has 3 nitrogen and oxygen atoms in total. The summed E-state index contributed by atoms with van der Waals surface area (Å²) in [7, 11) is 0. The second kappa shape index (κ2) is 6.82. The van der Waals surface area contributed by atoms with Crippen LogP contribution in [-0.4, -0.2) is 16.5 Å². The molecule has 114 valence electrons. The van der Waals surface area contributed by atoms with E-state index in [1.54, 1.807) is 6.20 Å². The zero-order valence-electron chi connectivity index (χ0n) is 12.1. The first-order valence-electron chi connectivity index (χ1n) is 7.30. The van der Waals surface area contributed by atoms with Crippen LogP contribution in [0, 0.1) is 0 Å². The monoisotopic (exact) mass is 377 g/mol. The number of halogens is 2. The van der Waals surface area contributed by atoms with Crippen molar-refractivity contribution in [1.82, 2.24) is 9.97 Å². The molecule has 0 radical (unpaired) electrons. The molecule has 0 aliphatic carbocycles. The molecule has 3 aromatic rings. The van der Waals surface area contributed by atoms with Crippen molar-refractivity contribution in [2.75, 3.05) is 6.54 Å². The Balaban J connectivity index is 2.17. The fourth-order valence-corrected chi connectivity index (χ4v) is 3.65. The summed E-state index contributed by atoms with van der Waals surface area (Å²) >= 11 is 9.83. The highest BCUT2D eigenvalue weighted by molar-refractivity contribution is 9.10. The zero-order chi connectivity index (χ0) is 15.5. The lowest BCUT2D eigenvalue weighted by Crippen LogP contribution is -1.99. The molecule has 5 heteroatoms. The van der Waals surface area contributed by atoms with E-state index in [1.165, 1.54) is 5.56 Å². The van der Waals surface area contributed by atoms with Crippen molar-refractivity contribution in [3.63, 3.8) is 0 Å². The number of aromatic amines is 1. The minimum Gasteiger partial charge on any atom is -0.353 e. The highest BCUT2D eigenvalue weighted by Gasteiger charge is 2.15. The number of benzene rings is 1. The van der Waals surface area contributed by atoms with E-state index in [-0.39, 0.29) is 0 Å². The van der Waals surface area contributed by atoms with Crippen LogP contribution in [0.5, 0.6) is 0 Å². The molecule has 2 aromatic heterocycles. The fourth-order valence-electron chi connectivity index (χ4n) is 2.74. The van der Waals surface area contributed by atoms with Crippen molar-refractivity contribution in [3.05, 3.63) is 51.7 Å². The van der Waals surface area contributed by atoms with Crippen LogP contribution in [0.15, 0.2) is 41.1 Å². The quantitative estimate of drug-likeness (QED) is 0.619. The second-order valence-corrected chi connectivity index (χ2v) is 6.57. The number of H-pyrrole nitrogens is 1. The smallest absolute Gasteiger partial charge is 0.0607 e. The number of unbranched alkanes of at least 4 members (excludes halogenated alkanes) is 1. The van der Waals surface area contributed by atoms with E-state index in [4.69, 9.17) is 17.3 Å². The minimum atomic E-state index is 0.717. The first-order chi connectivity index (χ1) is 10.7. The van der Waals surface area contributed by atoms with Gasteiger partial charge in [-0.3, -0.25) is 4.98 Å². The number of aryl methyl sites for hydroxylation is 1. The average Bonchev–Trinajstić information content (AvgIpc) is 2.88. The van der Waals surface area contributed by atoms with Crippen LogP contribution >= 0.6 is 27.5 Å². The average molecular weight is 379 g/mol. The van der Waals surface area contributed by atoms with Crippen molar-refractivity contribution in [2.24, 2.45) is 5.73 Å². The Morgan fingerprint density at radius 1 is 1.27 bits per heavy atom. The summed E-state index contributed by atoms with van der Waals surface area (Å²) in [6.45, 7) is 0.717. The van der Waals surface area contributed by atoms with Gasteiger partial charge in [0.2, 0.25) is 0 Å². The Morgan fingerprint density at radius 3 is 2.86 bits per heavy atom. The Morgan fingerprint density at radius 2 is 2.14 bits per heavy atom. The van der Waals surface area contributed by atoms with Gasteiger partial charge in [-0.25, -0.2) is 0 Å². The van der Waals surface area contributed by atoms with Crippen molar-refractivity contribution >= 4 is 38.4 Å². The van der Waals surface area contributed by atoms with Gasteiger partial charge in [0, 0.05) is 32.8 Å². The lowest BCUT2D eigenvalue weighted by molar-refractivity contribution is 0.748. The van der Waals surface area contributed by atoms with Crippen LogP contribution in [0.3, 0.4) is 0 Å².